The quantitative estimate of drug-likeness (QED) is 0.792. The van der Waals surface area contributed by atoms with E-state index in [9.17, 15) is 22.8 Å². The predicted molar refractivity (Wildman–Crippen MR) is 94.4 cm³/mol. The molecule has 0 unspecified atom stereocenters. The van der Waals surface area contributed by atoms with Gasteiger partial charge in [0.25, 0.3) is 5.56 Å². The first-order chi connectivity index (χ1) is 12.7. The highest BCUT2D eigenvalue weighted by Gasteiger charge is 2.32. The van der Waals surface area contributed by atoms with Gasteiger partial charge in [0.2, 0.25) is 5.91 Å². The Hall–Kier alpha value is -2.48. The van der Waals surface area contributed by atoms with Crippen LogP contribution >= 0.6 is 11.6 Å². The number of alkyl halides is 3. The van der Waals surface area contributed by atoms with E-state index in [0.717, 1.165) is 12.0 Å². The number of benzene rings is 1. The van der Waals surface area contributed by atoms with Crippen molar-refractivity contribution in [1.29, 1.82) is 0 Å². The lowest BCUT2D eigenvalue weighted by Crippen LogP contribution is -2.39. The van der Waals surface area contributed by atoms with Crippen molar-refractivity contribution in [3.8, 4) is 5.75 Å². The van der Waals surface area contributed by atoms with Crippen LogP contribution in [0.3, 0.4) is 0 Å². The largest absolute Gasteiger partial charge is 0.497 e. The van der Waals surface area contributed by atoms with Crippen molar-refractivity contribution >= 4 is 23.2 Å². The molecule has 1 aliphatic rings. The molecule has 0 radical (unpaired) electrons. The summed E-state index contributed by atoms with van der Waals surface area (Å²) >= 11 is 5.64. The third-order valence-corrected chi connectivity index (χ3v) is 4.65. The zero-order valence-corrected chi connectivity index (χ0v) is 15.1. The maximum absolute atomic E-state index is 13.0. The topological polar surface area (TPSA) is 51.5 Å². The first kappa shape index (κ1) is 19.3. The third kappa shape index (κ3) is 3.95. The molecule has 0 atom stereocenters. The Balaban J connectivity index is 1.91. The van der Waals surface area contributed by atoms with Crippen molar-refractivity contribution in [3.05, 3.63) is 57.0 Å². The number of carbonyl (C=O) groups is 1. The summed E-state index contributed by atoms with van der Waals surface area (Å²) in [6.45, 7) is -0.118. The van der Waals surface area contributed by atoms with Crippen molar-refractivity contribution in [3.63, 3.8) is 0 Å². The Morgan fingerprint density at radius 2 is 2.04 bits per heavy atom. The van der Waals surface area contributed by atoms with Gasteiger partial charge in [0.05, 0.1) is 12.7 Å². The molecule has 0 aliphatic carbocycles. The van der Waals surface area contributed by atoms with Crippen molar-refractivity contribution in [1.82, 2.24) is 4.57 Å². The number of rotatable bonds is 3. The normalized spacial score (nSPS) is 14.0. The molecule has 144 valence electrons. The number of hydrogen-bond donors (Lipinski definition) is 0. The summed E-state index contributed by atoms with van der Waals surface area (Å²) in [6, 6.07) is 5.82. The van der Waals surface area contributed by atoms with Crippen LogP contribution in [-0.4, -0.2) is 24.1 Å². The lowest BCUT2D eigenvalue weighted by atomic mass is 10.0. The molecule has 27 heavy (non-hydrogen) atoms. The van der Waals surface area contributed by atoms with Gasteiger partial charge in [0, 0.05) is 18.4 Å². The lowest BCUT2D eigenvalue weighted by Gasteiger charge is -2.30. The summed E-state index contributed by atoms with van der Waals surface area (Å²) in [5, 5.41) is -0.582. The molecule has 5 nitrogen and oxygen atoms in total. The third-order valence-electron chi connectivity index (χ3n) is 4.38. The van der Waals surface area contributed by atoms with Gasteiger partial charge in [-0.15, -0.1) is 0 Å². The fraction of sp³-hybridized carbons (Fsp3) is 0.333. The van der Waals surface area contributed by atoms with E-state index in [2.05, 4.69) is 0 Å². The van der Waals surface area contributed by atoms with Crippen LogP contribution in [0.1, 0.15) is 17.5 Å². The predicted octanol–water partition coefficient (Wildman–Crippen LogP) is 3.51. The zero-order valence-electron chi connectivity index (χ0n) is 14.3. The molecule has 1 aromatic carbocycles. The van der Waals surface area contributed by atoms with E-state index >= 15 is 0 Å². The number of nitrogens with zero attached hydrogens (tertiary/aromatic N) is 2. The summed E-state index contributed by atoms with van der Waals surface area (Å²) in [6.07, 6.45) is -2.60. The van der Waals surface area contributed by atoms with E-state index in [1.807, 2.05) is 6.07 Å². The number of pyridine rings is 1. The highest BCUT2D eigenvalue weighted by atomic mass is 35.5. The van der Waals surface area contributed by atoms with Gasteiger partial charge in [-0.1, -0.05) is 11.6 Å². The smallest absolute Gasteiger partial charge is 0.417 e. The highest BCUT2D eigenvalue weighted by molar-refractivity contribution is 6.30. The summed E-state index contributed by atoms with van der Waals surface area (Å²) in [7, 11) is 1.54. The Morgan fingerprint density at radius 3 is 2.70 bits per heavy atom. The van der Waals surface area contributed by atoms with Gasteiger partial charge in [-0.2, -0.15) is 13.2 Å². The van der Waals surface area contributed by atoms with Gasteiger partial charge < -0.3 is 14.2 Å². The molecule has 1 aliphatic heterocycles. The summed E-state index contributed by atoms with van der Waals surface area (Å²) in [4.78, 5) is 26.3. The first-order valence-electron chi connectivity index (χ1n) is 8.15. The van der Waals surface area contributed by atoms with E-state index in [-0.39, 0.29) is 0 Å². The zero-order chi connectivity index (χ0) is 19.8. The van der Waals surface area contributed by atoms with E-state index in [1.54, 1.807) is 12.1 Å². The molecule has 1 amide bonds. The number of ether oxygens (including phenoxy) is 1. The van der Waals surface area contributed by atoms with Crippen molar-refractivity contribution in [2.45, 2.75) is 25.6 Å². The minimum atomic E-state index is -4.67. The second-order valence-corrected chi connectivity index (χ2v) is 6.56. The minimum Gasteiger partial charge on any atom is -0.497 e. The van der Waals surface area contributed by atoms with E-state index < -0.39 is 34.8 Å². The van der Waals surface area contributed by atoms with Gasteiger partial charge in [-0.05, 0) is 42.7 Å². The van der Waals surface area contributed by atoms with Gasteiger partial charge in [-0.25, -0.2) is 0 Å². The number of carbonyl (C=O) groups excluding carboxylic acids is 1. The number of anilines is 1. The summed E-state index contributed by atoms with van der Waals surface area (Å²) < 4.78 is 44.8. The van der Waals surface area contributed by atoms with Crippen LogP contribution in [0.25, 0.3) is 0 Å². The average molecular weight is 401 g/mol. The first-order valence-corrected chi connectivity index (χ1v) is 8.53. The molecule has 0 N–H and O–H groups in total. The van der Waals surface area contributed by atoms with Crippen LogP contribution < -0.4 is 15.2 Å². The molecule has 1 aromatic heterocycles. The van der Waals surface area contributed by atoms with Gasteiger partial charge in [0.1, 0.15) is 17.3 Å². The second kappa shape index (κ2) is 7.26. The average Bonchev–Trinajstić information content (AvgIpc) is 2.63. The molecule has 0 bridgehead atoms. The lowest BCUT2D eigenvalue weighted by molar-refractivity contribution is -0.138. The molecular weight excluding hydrogens is 385 g/mol. The van der Waals surface area contributed by atoms with Crippen LogP contribution in [0.15, 0.2) is 35.3 Å². The van der Waals surface area contributed by atoms with Crippen LogP contribution in [-0.2, 0) is 23.9 Å². The molecule has 2 aromatic rings. The molecule has 0 saturated carbocycles. The fourth-order valence-corrected chi connectivity index (χ4v) is 3.29. The number of methoxy groups -OCH3 is 1. The van der Waals surface area contributed by atoms with Gasteiger partial charge in [-0.3, -0.25) is 9.59 Å². The fourth-order valence-electron chi connectivity index (χ4n) is 3.06. The Morgan fingerprint density at radius 1 is 1.30 bits per heavy atom. The number of amides is 1. The van der Waals surface area contributed by atoms with Crippen LogP contribution in [0.5, 0.6) is 5.75 Å². The molecular formula is C18H16ClF3N2O3. The van der Waals surface area contributed by atoms with Crippen molar-refractivity contribution < 1.29 is 22.7 Å². The number of hydrogen-bond acceptors (Lipinski definition) is 3. The summed E-state index contributed by atoms with van der Waals surface area (Å²) in [5.74, 6) is 0.169. The SMILES string of the molecule is COc1ccc2c(c1)CCCN2C(=O)Cn1cc(C(F)(F)F)cc(Cl)c1=O. The standard InChI is InChI=1S/C18H16ClF3N2O3/c1-27-13-4-5-15-11(7-13)3-2-6-24(15)16(25)10-23-9-12(18(20,21)22)8-14(19)17(23)26/h4-5,7-9H,2-3,6,10H2,1H3. The van der Waals surface area contributed by atoms with E-state index in [4.69, 9.17) is 16.3 Å². The van der Waals surface area contributed by atoms with Crippen molar-refractivity contribution in [2.75, 3.05) is 18.6 Å². The maximum Gasteiger partial charge on any atom is 0.417 e. The molecule has 0 fully saturated rings. The Bertz CT molecular complexity index is 940. The molecule has 3 rings (SSSR count). The maximum atomic E-state index is 13.0. The van der Waals surface area contributed by atoms with Crippen LogP contribution in [0, 0.1) is 0 Å². The Labute approximate surface area is 157 Å². The molecule has 2 heterocycles. The van der Waals surface area contributed by atoms with Crippen LogP contribution in [0.4, 0.5) is 18.9 Å². The number of aromatic nitrogens is 1. The van der Waals surface area contributed by atoms with E-state index in [0.29, 0.717) is 41.2 Å². The summed E-state index contributed by atoms with van der Waals surface area (Å²) in [5.41, 5.74) is -0.352. The number of halogens is 4. The van der Waals surface area contributed by atoms with Crippen molar-refractivity contribution in [2.24, 2.45) is 0 Å². The molecule has 9 heteroatoms. The second-order valence-electron chi connectivity index (χ2n) is 6.15. The monoisotopic (exact) mass is 400 g/mol. The van der Waals surface area contributed by atoms with Gasteiger partial charge >= 0.3 is 6.18 Å². The molecule has 0 spiro atoms. The molecule has 0 saturated heterocycles. The minimum absolute atomic E-state index is 0.416. The van der Waals surface area contributed by atoms with E-state index in [1.165, 1.54) is 12.0 Å². The van der Waals surface area contributed by atoms with Crippen LogP contribution in [0.2, 0.25) is 5.02 Å². The van der Waals surface area contributed by atoms with Gasteiger partial charge in [0.15, 0.2) is 0 Å². The number of aryl methyl sites for hydroxylation is 1. The highest BCUT2D eigenvalue weighted by Crippen LogP contribution is 2.31. The number of fused-ring (bicyclic) bond motifs is 1. The Kier molecular flexibility index (Phi) is 5.19.